The number of aromatic nitrogens is 1. The lowest BCUT2D eigenvalue weighted by Crippen LogP contribution is -2.52. The number of fused-ring (bicyclic) bond motifs is 1. The fourth-order valence-electron chi connectivity index (χ4n) is 4.08. The molecule has 1 amide bonds. The number of anilines is 2. The van der Waals surface area contributed by atoms with Crippen LogP contribution in [0.4, 0.5) is 25.8 Å². The highest BCUT2D eigenvalue weighted by Crippen LogP contribution is 2.33. The number of amides is 1. The van der Waals surface area contributed by atoms with Crippen LogP contribution in [-0.4, -0.2) is 59.5 Å². The van der Waals surface area contributed by atoms with Gasteiger partial charge in [0.2, 0.25) is 5.91 Å². The summed E-state index contributed by atoms with van der Waals surface area (Å²) < 4.78 is 28.9. The second-order valence-corrected chi connectivity index (χ2v) is 7.87. The van der Waals surface area contributed by atoms with Gasteiger partial charge in [-0.3, -0.25) is 24.8 Å². The standard InChI is InChI=1S/C23H23F2N5O4/c1-15(22(31)27-16-2-4-17(5-3-16)34-23(24)25)28-10-12-29(13-11-28)20-6-7-21(30(32)33)19-14-26-9-8-18(19)20/h2-9,14-15,23H,10-13H2,1H3,(H,27,31)/t15-/m0/s1. The van der Waals surface area contributed by atoms with E-state index < -0.39 is 17.6 Å². The number of carbonyl (C=O) groups is 1. The second kappa shape index (κ2) is 9.96. The van der Waals surface area contributed by atoms with Crippen molar-refractivity contribution < 1.29 is 23.2 Å². The molecule has 1 fully saturated rings. The number of alkyl halides is 2. The van der Waals surface area contributed by atoms with E-state index >= 15 is 0 Å². The molecule has 1 atom stereocenters. The summed E-state index contributed by atoms with van der Waals surface area (Å²) in [5.74, 6) is -0.186. The van der Waals surface area contributed by atoms with Crippen molar-refractivity contribution in [1.29, 1.82) is 0 Å². The zero-order chi connectivity index (χ0) is 24.2. The molecule has 1 aliphatic heterocycles. The molecule has 0 radical (unpaired) electrons. The Kier molecular flexibility index (Phi) is 6.82. The maximum absolute atomic E-state index is 12.7. The van der Waals surface area contributed by atoms with Crippen molar-refractivity contribution in [2.45, 2.75) is 19.6 Å². The molecule has 4 rings (SSSR count). The van der Waals surface area contributed by atoms with Crippen molar-refractivity contribution in [1.82, 2.24) is 9.88 Å². The molecule has 1 aliphatic rings. The Hall–Kier alpha value is -3.86. The van der Waals surface area contributed by atoms with Gasteiger partial charge in [-0.05, 0) is 43.3 Å². The molecule has 2 aromatic carbocycles. The van der Waals surface area contributed by atoms with Crippen LogP contribution in [0, 0.1) is 10.1 Å². The van der Waals surface area contributed by atoms with Gasteiger partial charge >= 0.3 is 6.61 Å². The van der Waals surface area contributed by atoms with Gasteiger partial charge in [0.05, 0.1) is 16.4 Å². The Labute approximate surface area is 194 Å². The van der Waals surface area contributed by atoms with Gasteiger partial charge in [0.25, 0.3) is 5.69 Å². The third-order valence-electron chi connectivity index (χ3n) is 5.90. The minimum Gasteiger partial charge on any atom is -0.435 e. The summed E-state index contributed by atoms with van der Waals surface area (Å²) in [4.78, 5) is 31.9. The average Bonchev–Trinajstić information content (AvgIpc) is 2.83. The van der Waals surface area contributed by atoms with Crippen LogP contribution in [0.1, 0.15) is 6.92 Å². The SMILES string of the molecule is C[C@@H](C(=O)Nc1ccc(OC(F)F)cc1)N1CCN(c2ccc([N+](=O)[O-])c3cnccc23)CC1. The molecular formula is C23H23F2N5O4. The Morgan fingerprint density at radius 1 is 1.09 bits per heavy atom. The van der Waals surface area contributed by atoms with Crippen LogP contribution in [0.5, 0.6) is 5.75 Å². The van der Waals surface area contributed by atoms with E-state index in [0.29, 0.717) is 37.3 Å². The van der Waals surface area contributed by atoms with Crippen molar-refractivity contribution >= 4 is 33.7 Å². The summed E-state index contributed by atoms with van der Waals surface area (Å²) in [7, 11) is 0. The van der Waals surface area contributed by atoms with E-state index in [1.807, 2.05) is 6.92 Å². The van der Waals surface area contributed by atoms with Gasteiger partial charge in [-0.25, -0.2) is 0 Å². The Balaban J connectivity index is 1.38. The molecule has 0 bridgehead atoms. The molecule has 0 aliphatic carbocycles. The van der Waals surface area contributed by atoms with E-state index in [1.54, 1.807) is 18.3 Å². The smallest absolute Gasteiger partial charge is 0.387 e. The van der Waals surface area contributed by atoms with Crippen molar-refractivity contribution in [2.24, 2.45) is 0 Å². The van der Waals surface area contributed by atoms with E-state index in [9.17, 15) is 23.7 Å². The maximum atomic E-state index is 12.7. The number of rotatable bonds is 7. The van der Waals surface area contributed by atoms with Gasteiger partial charge in [0.15, 0.2) is 0 Å². The number of carbonyl (C=O) groups excluding carboxylic acids is 1. The van der Waals surface area contributed by atoms with Gasteiger partial charge in [-0.15, -0.1) is 0 Å². The molecule has 9 nitrogen and oxygen atoms in total. The molecule has 1 N–H and O–H groups in total. The van der Waals surface area contributed by atoms with E-state index in [2.05, 4.69) is 24.8 Å². The van der Waals surface area contributed by atoms with Crippen LogP contribution < -0.4 is 15.0 Å². The minimum atomic E-state index is -2.90. The van der Waals surface area contributed by atoms with Gasteiger partial charge < -0.3 is 15.0 Å². The molecule has 0 spiro atoms. The fourth-order valence-corrected chi connectivity index (χ4v) is 4.08. The normalized spacial score (nSPS) is 15.4. The highest BCUT2D eigenvalue weighted by molar-refractivity contribution is 5.99. The molecule has 178 valence electrons. The first-order valence-corrected chi connectivity index (χ1v) is 10.7. The van der Waals surface area contributed by atoms with E-state index in [4.69, 9.17) is 0 Å². The number of benzene rings is 2. The topological polar surface area (TPSA) is 101 Å². The summed E-state index contributed by atoms with van der Waals surface area (Å²) in [6.07, 6.45) is 3.12. The monoisotopic (exact) mass is 471 g/mol. The molecule has 1 saturated heterocycles. The molecule has 0 unspecified atom stereocenters. The number of nitro benzene ring substituents is 1. The molecule has 2 heterocycles. The first kappa shape index (κ1) is 23.3. The number of hydrogen-bond donors (Lipinski definition) is 1. The van der Waals surface area contributed by atoms with E-state index in [-0.39, 0.29) is 17.3 Å². The number of nitro groups is 1. The largest absolute Gasteiger partial charge is 0.435 e. The van der Waals surface area contributed by atoms with Crippen LogP contribution in [0.15, 0.2) is 54.9 Å². The number of nitrogens with one attached hydrogen (secondary N) is 1. The number of non-ortho nitro benzene ring substituents is 1. The molecular weight excluding hydrogens is 448 g/mol. The highest BCUT2D eigenvalue weighted by Gasteiger charge is 2.27. The molecule has 34 heavy (non-hydrogen) atoms. The Morgan fingerprint density at radius 2 is 1.79 bits per heavy atom. The number of pyridine rings is 1. The Bertz CT molecular complexity index is 1180. The van der Waals surface area contributed by atoms with Gasteiger partial charge in [-0.1, -0.05) is 0 Å². The predicted molar refractivity (Wildman–Crippen MR) is 123 cm³/mol. The summed E-state index contributed by atoms with van der Waals surface area (Å²) in [5.41, 5.74) is 1.40. The highest BCUT2D eigenvalue weighted by atomic mass is 19.3. The lowest BCUT2D eigenvalue weighted by atomic mass is 10.1. The maximum Gasteiger partial charge on any atom is 0.387 e. The lowest BCUT2D eigenvalue weighted by molar-refractivity contribution is -0.383. The van der Waals surface area contributed by atoms with Crippen molar-refractivity contribution in [2.75, 3.05) is 36.4 Å². The average molecular weight is 471 g/mol. The second-order valence-electron chi connectivity index (χ2n) is 7.87. The van der Waals surface area contributed by atoms with Gasteiger partial charge in [0, 0.05) is 61.4 Å². The summed E-state index contributed by atoms with van der Waals surface area (Å²) >= 11 is 0. The Morgan fingerprint density at radius 3 is 2.44 bits per heavy atom. The molecule has 1 aromatic heterocycles. The number of hydrogen-bond acceptors (Lipinski definition) is 7. The zero-order valence-electron chi connectivity index (χ0n) is 18.4. The third kappa shape index (κ3) is 5.04. The van der Waals surface area contributed by atoms with Gasteiger partial charge in [0.1, 0.15) is 5.75 Å². The van der Waals surface area contributed by atoms with Crippen LogP contribution >= 0.6 is 0 Å². The molecule has 11 heteroatoms. The number of halogens is 2. The van der Waals surface area contributed by atoms with Crippen molar-refractivity contribution in [3.8, 4) is 5.75 Å². The molecule has 3 aromatic rings. The summed E-state index contributed by atoms with van der Waals surface area (Å²) in [6.45, 7) is 1.45. The van der Waals surface area contributed by atoms with E-state index in [1.165, 1.54) is 36.5 Å². The first-order chi connectivity index (χ1) is 16.3. The quantitative estimate of drug-likeness (QED) is 0.412. The van der Waals surface area contributed by atoms with Crippen LogP contribution in [0.3, 0.4) is 0 Å². The van der Waals surface area contributed by atoms with Gasteiger partial charge in [-0.2, -0.15) is 8.78 Å². The van der Waals surface area contributed by atoms with Crippen LogP contribution in [0.25, 0.3) is 10.8 Å². The number of nitrogens with zero attached hydrogens (tertiary/aromatic N) is 4. The van der Waals surface area contributed by atoms with Crippen LogP contribution in [0.2, 0.25) is 0 Å². The summed E-state index contributed by atoms with van der Waals surface area (Å²) in [5, 5.41) is 15.4. The van der Waals surface area contributed by atoms with Crippen molar-refractivity contribution in [3.63, 3.8) is 0 Å². The lowest BCUT2D eigenvalue weighted by Gasteiger charge is -2.38. The number of ether oxygens (including phenoxy) is 1. The first-order valence-electron chi connectivity index (χ1n) is 10.7. The van der Waals surface area contributed by atoms with E-state index in [0.717, 1.165) is 11.1 Å². The molecule has 0 saturated carbocycles. The fraction of sp³-hybridized carbons (Fsp3) is 0.304. The summed E-state index contributed by atoms with van der Waals surface area (Å²) in [6, 6.07) is 10.4. The zero-order valence-corrected chi connectivity index (χ0v) is 18.4. The number of piperazine rings is 1. The van der Waals surface area contributed by atoms with Crippen molar-refractivity contribution in [3.05, 3.63) is 65.0 Å². The van der Waals surface area contributed by atoms with Crippen LogP contribution in [-0.2, 0) is 4.79 Å². The predicted octanol–water partition coefficient (Wildman–Crippen LogP) is 3.89. The minimum absolute atomic E-state index is 0.0181. The third-order valence-corrected chi connectivity index (χ3v) is 5.90.